The van der Waals surface area contributed by atoms with Crippen molar-refractivity contribution in [2.45, 2.75) is 6.92 Å². The molecule has 0 aliphatic heterocycles. The molecule has 0 fully saturated rings. The summed E-state index contributed by atoms with van der Waals surface area (Å²) in [5, 5.41) is 3.02. The summed E-state index contributed by atoms with van der Waals surface area (Å²) in [5.74, 6) is 0.458. The summed E-state index contributed by atoms with van der Waals surface area (Å²) in [7, 11) is 1.63. The Morgan fingerprint density at radius 1 is 1.32 bits per heavy atom. The molecule has 2 rings (SSSR count). The predicted octanol–water partition coefficient (Wildman–Crippen LogP) is 1.80. The standard InChI is InChI=1S/C14H17N3O2/c1-10-3-5-11(6-4-10)12-9-13(18)17-14(16-12)15-7-8-19-2/h3-6,9H,7-8H2,1-2H3,(H2,15,16,17,18). The monoisotopic (exact) mass is 259 g/mol. The van der Waals surface area contributed by atoms with Gasteiger partial charge in [0.15, 0.2) is 0 Å². The van der Waals surface area contributed by atoms with E-state index in [4.69, 9.17) is 4.74 Å². The van der Waals surface area contributed by atoms with E-state index in [1.165, 1.54) is 11.6 Å². The molecule has 0 bridgehead atoms. The van der Waals surface area contributed by atoms with E-state index in [1.54, 1.807) is 7.11 Å². The second-order valence-corrected chi connectivity index (χ2v) is 4.26. The van der Waals surface area contributed by atoms with E-state index < -0.39 is 0 Å². The third-order valence-electron chi connectivity index (χ3n) is 2.69. The van der Waals surface area contributed by atoms with E-state index in [1.807, 2.05) is 31.2 Å². The molecule has 1 aromatic carbocycles. The van der Waals surface area contributed by atoms with E-state index in [2.05, 4.69) is 15.3 Å². The molecule has 100 valence electrons. The highest BCUT2D eigenvalue weighted by atomic mass is 16.5. The smallest absolute Gasteiger partial charge is 0.252 e. The third-order valence-corrected chi connectivity index (χ3v) is 2.69. The third kappa shape index (κ3) is 3.66. The molecule has 0 saturated heterocycles. The lowest BCUT2D eigenvalue weighted by atomic mass is 10.1. The number of nitrogens with zero attached hydrogens (tertiary/aromatic N) is 1. The molecule has 0 amide bonds. The van der Waals surface area contributed by atoms with Crippen molar-refractivity contribution in [2.75, 3.05) is 25.6 Å². The second-order valence-electron chi connectivity index (χ2n) is 4.26. The van der Waals surface area contributed by atoms with Gasteiger partial charge in [0.05, 0.1) is 12.3 Å². The van der Waals surface area contributed by atoms with Crippen molar-refractivity contribution in [3.63, 3.8) is 0 Å². The van der Waals surface area contributed by atoms with Crippen LogP contribution in [0.4, 0.5) is 5.95 Å². The van der Waals surface area contributed by atoms with Crippen molar-refractivity contribution >= 4 is 5.95 Å². The minimum Gasteiger partial charge on any atom is -0.383 e. The van der Waals surface area contributed by atoms with Crippen LogP contribution >= 0.6 is 0 Å². The lowest BCUT2D eigenvalue weighted by Crippen LogP contribution is -2.15. The van der Waals surface area contributed by atoms with E-state index in [9.17, 15) is 4.79 Å². The van der Waals surface area contributed by atoms with Crippen LogP contribution in [0.15, 0.2) is 35.1 Å². The van der Waals surface area contributed by atoms with Crippen LogP contribution in [0, 0.1) is 6.92 Å². The average Bonchev–Trinajstić information content (AvgIpc) is 2.39. The Bertz CT molecular complexity index is 590. The maximum atomic E-state index is 11.6. The Kier molecular flexibility index (Phi) is 4.30. The summed E-state index contributed by atoms with van der Waals surface area (Å²) in [6.45, 7) is 3.17. The molecule has 0 aliphatic rings. The number of aromatic nitrogens is 2. The van der Waals surface area contributed by atoms with Crippen LogP contribution in [-0.4, -0.2) is 30.2 Å². The van der Waals surface area contributed by atoms with Crippen molar-refractivity contribution < 1.29 is 4.74 Å². The highest BCUT2D eigenvalue weighted by Gasteiger charge is 2.03. The van der Waals surface area contributed by atoms with Gasteiger partial charge in [0.1, 0.15) is 0 Å². The topological polar surface area (TPSA) is 67.0 Å². The second kappa shape index (κ2) is 6.15. The van der Waals surface area contributed by atoms with Gasteiger partial charge in [-0.3, -0.25) is 9.78 Å². The molecular weight excluding hydrogens is 242 g/mol. The molecule has 0 saturated carbocycles. The van der Waals surface area contributed by atoms with Crippen molar-refractivity contribution in [1.29, 1.82) is 0 Å². The predicted molar refractivity (Wildman–Crippen MR) is 75.4 cm³/mol. The first-order valence-corrected chi connectivity index (χ1v) is 6.10. The zero-order chi connectivity index (χ0) is 13.7. The van der Waals surface area contributed by atoms with Gasteiger partial charge >= 0.3 is 0 Å². The van der Waals surface area contributed by atoms with Crippen LogP contribution in [0.5, 0.6) is 0 Å². The number of H-pyrrole nitrogens is 1. The number of benzene rings is 1. The van der Waals surface area contributed by atoms with Crippen molar-refractivity contribution in [3.05, 3.63) is 46.2 Å². The summed E-state index contributed by atoms with van der Waals surface area (Å²) < 4.78 is 4.94. The Labute approximate surface area is 111 Å². The van der Waals surface area contributed by atoms with Gasteiger partial charge in [-0.2, -0.15) is 0 Å². The molecule has 0 aliphatic carbocycles. The Balaban J connectivity index is 2.25. The molecule has 0 radical (unpaired) electrons. The number of rotatable bonds is 5. The van der Waals surface area contributed by atoms with Crippen molar-refractivity contribution in [1.82, 2.24) is 9.97 Å². The Hall–Kier alpha value is -2.14. The largest absolute Gasteiger partial charge is 0.383 e. The molecule has 2 N–H and O–H groups in total. The average molecular weight is 259 g/mol. The quantitative estimate of drug-likeness (QED) is 0.804. The highest BCUT2D eigenvalue weighted by Crippen LogP contribution is 2.16. The first-order valence-electron chi connectivity index (χ1n) is 6.10. The lowest BCUT2D eigenvalue weighted by Gasteiger charge is -2.07. The minimum atomic E-state index is -0.175. The van der Waals surface area contributed by atoms with Gasteiger partial charge in [0.25, 0.3) is 5.56 Å². The summed E-state index contributed by atoms with van der Waals surface area (Å²) >= 11 is 0. The molecule has 5 nitrogen and oxygen atoms in total. The molecule has 1 heterocycles. The fraction of sp³-hybridized carbons (Fsp3) is 0.286. The number of hydrogen-bond acceptors (Lipinski definition) is 4. The number of methoxy groups -OCH3 is 1. The fourth-order valence-corrected chi connectivity index (χ4v) is 1.69. The van der Waals surface area contributed by atoms with E-state index in [0.717, 1.165) is 5.56 Å². The molecule has 0 atom stereocenters. The molecule has 19 heavy (non-hydrogen) atoms. The van der Waals surface area contributed by atoms with Gasteiger partial charge in [0, 0.05) is 25.3 Å². The Morgan fingerprint density at radius 3 is 2.74 bits per heavy atom. The minimum absolute atomic E-state index is 0.175. The summed E-state index contributed by atoms with van der Waals surface area (Å²) in [5.41, 5.74) is 2.58. The molecule has 0 spiro atoms. The van der Waals surface area contributed by atoms with Gasteiger partial charge in [-0.1, -0.05) is 29.8 Å². The van der Waals surface area contributed by atoms with Crippen molar-refractivity contribution in [2.24, 2.45) is 0 Å². The fourth-order valence-electron chi connectivity index (χ4n) is 1.69. The number of nitrogens with one attached hydrogen (secondary N) is 2. The van der Waals surface area contributed by atoms with Gasteiger partial charge in [0.2, 0.25) is 5.95 Å². The maximum absolute atomic E-state index is 11.6. The summed E-state index contributed by atoms with van der Waals surface area (Å²) in [6.07, 6.45) is 0. The van der Waals surface area contributed by atoms with Crippen molar-refractivity contribution in [3.8, 4) is 11.3 Å². The van der Waals surface area contributed by atoms with Gasteiger partial charge < -0.3 is 10.1 Å². The van der Waals surface area contributed by atoms with E-state index >= 15 is 0 Å². The zero-order valence-corrected chi connectivity index (χ0v) is 11.1. The zero-order valence-electron chi connectivity index (χ0n) is 11.1. The van der Waals surface area contributed by atoms with Gasteiger partial charge in [-0.15, -0.1) is 0 Å². The number of ether oxygens (including phenoxy) is 1. The molecule has 2 aromatic rings. The van der Waals surface area contributed by atoms with Crippen LogP contribution in [0.1, 0.15) is 5.56 Å². The lowest BCUT2D eigenvalue weighted by molar-refractivity contribution is 0.210. The molecule has 1 aromatic heterocycles. The number of hydrogen-bond donors (Lipinski definition) is 2. The molecular formula is C14H17N3O2. The summed E-state index contributed by atoms with van der Waals surface area (Å²) in [4.78, 5) is 18.7. The van der Waals surface area contributed by atoms with E-state index in [-0.39, 0.29) is 5.56 Å². The maximum Gasteiger partial charge on any atom is 0.252 e. The van der Waals surface area contributed by atoms with Crippen LogP contribution in [0.25, 0.3) is 11.3 Å². The van der Waals surface area contributed by atoms with Crippen LogP contribution in [0.3, 0.4) is 0 Å². The van der Waals surface area contributed by atoms with Crippen LogP contribution < -0.4 is 10.9 Å². The van der Waals surface area contributed by atoms with E-state index in [0.29, 0.717) is 24.8 Å². The Morgan fingerprint density at radius 2 is 2.05 bits per heavy atom. The molecule has 0 unspecified atom stereocenters. The number of aromatic amines is 1. The first-order chi connectivity index (χ1) is 9.19. The normalized spacial score (nSPS) is 10.4. The first kappa shape index (κ1) is 13.3. The van der Waals surface area contributed by atoms with Gasteiger partial charge in [-0.25, -0.2) is 4.98 Å². The van der Waals surface area contributed by atoms with Crippen LogP contribution in [0.2, 0.25) is 0 Å². The summed E-state index contributed by atoms with van der Waals surface area (Å²) in [6, 6.07) is 9.39. The molecule has 5 heteroatoms. The number of anilines is 1. The SMILES string of the molecule is COCCNc1nc(-c2ccc(C)cc2)cc(=O)[nH]1. The van der Waals surface area contributed by atoms with Gasteiger partial charge in [-0.05, 0) is 6.92 Å². The number of aryl methyl sites for hydroxylation is 1. The van der Waals surface area contributed by atoms with Crippen LogP contribution in [-0.2, 0) is 4.74 Å². The highest BCUT2D eigenvalue weighted by molar-refractivity contribution is 5.60.